The number of nitrogens with zero attached hydrogens (tertiary/aromatic N) is 1. The molecular formula is C21H19N3O5S. The third kappa shape index (κ3) is 5.89. The molecular weight excluding hydrogens is 406 g/mol. The van der Waals surface area contributed by atoms with Gasteiger partial charge < -0.3 is 14.8 Å². The fourth-order valence-electron chi connectivity index (χ4n) is 2.40. The number of ether oxygens (including phenoxy) is 2. The lowest BCUT2D eigenvalue weighted by molar-refractivity contribution is -0.123. The summed E-state index contributed by atoms with van der Waals surface area (Å²) in [5.74, 6) is -1.49. The third-order valence-corrected chi connectivity index (χ3v) is 4.74. The van der Waals surface area contributed by atoms with Crippen LogP contribution in [0.15, 0.2) is 60.0 Å². The van der Waals surface area contributed by atoms with Gasteiger partial charge >= 0.3 is 5.97 Å². The summed E-state index contributed by atoms with van der Waals surface area (Å²) in [7, 11) is 1.51. The summed E-state index contributed by atoms with van der Waals surface area (Å²) in [6.07, 6.45) is 0. The zero-order valence-corrected chi connectivity index (χ0v) is 16.9. The number of methoxy groups -OCH3 is 1. The molecule has 3 rings (SSSR count). The fourth-order valence-corrected chi connectivity index (χ4v) is 3.08. The van der Waals surface area contributed by atoms with Crippen LogP contribution in [0.5, 0.6) is 5.75 Å². The Labute approximate surface area is 176 Å². The smallest absolute Gasteiger partial charge is 0.358 e. The summed E-state index contributed by atoms with van der Waals surface area (Å²) in [6, 6.07) is 16.0. The van der Waals surface area contributed by atoms with Gasteiger partial charge in [-0.3, -0.25) is 14.9 Å². The molecule has 0 unspecified atom stereocenters. The van der Waals surface area contributed by atoms with E-state index >= 15 is 0 Å². The molecule has 0 radical (unpaired) electrons. The molecule has 0 atom stereocenters. The van der Waals surface area contributed by atoms with Gasteiger partial charge in [0.15, 0.2) is 17.4 Å². The molecule has 0 spiro atoms. The molecule has 30 heavy (non-hydrogen) atoms. The van der Waals surface area contributed by atoms with E-state index in [1.807, 2.05) is 30.3 Å². The number of hydrogen-bond donors (Lipinski definition) is 2. The Morgan fingerprint density at radius 1 is 1.03 bits per heavy atom. The van der Waals surface area contributed by atoms with Crippen molar-refractivity contribution in [3.63, 3.8) is 0 Å². The number of thiazole rings is 1. The Bertz CT molecular complexity index is 1020. The first-order chi connectivity index (χ1) is 14.5. The highest BCUT2D eigenvalue weighted by Crippen LogP contribution is 2.17. The maximum atomic E-state index is 12.1. The van der Waals surface area contributed by atoms with E-state index in [4.69, 9.17) is 9.47 Å². The molecule has 0 saturated carbocycles. The van der Waals surface area contributed by atoms with Crippen molar-refractivity contribution < 1.29 is 23.9 Å². The molecule has 2 N–H and O–H groups in total. The predicted molar refractivity (Wildman–Crippen MR) is 112 cm³/mol. The summed E-state index contributed by atoms with van der Waals surface area (Å²) in [4.78, 5) is 40.1. The molecule has 8 nitrogen and oxygen atoms in total. The number of imide groups is 1. The van der Waals surface area contributed by atoms with Gasteiger partial charge in [-0.2, -0.15) is 0 Å². The van der Waals surface area contributed by atoms with Crippen LogP contribution in [0.2, 0.25) is 0 Å². The number of esters is 1. The van der Waals surface area contributed by atoms with E-state index in [0.717, 1.165) is 5.56 Å². The Hall–Kier alpha value is -3.72. The number of aromatic nitrogens is 1. The van der Waals surface area contributed by atoms with Crippen LogP contribution in [0.3, 0.4) is 0 Å². The van der Waals surface area contributed by atoms with Crippen LogP contribution in [0, 0.1) is 0 Å². The SMILES string of the molecule is COc1ccc(C(=O)NC(=O)COC(=O)c2csc(NCc3ccccc3)n2)cc1. The summed E-state index contributed by atoms with van der Waals surface area (Å²) in [6.45, 7) is -0.0241. The molecule has 0 aliphatic heterocycles. The minimum Gasteiger partial charge on any atom is -0.497 e. The van der Waals surface area contributed by atoms with Crippen LogP contribution in [0.25, 0.3) is 0 Å². The van der Waals surface area contributed by atoms with Crippen molar-refractivity contribution in [2.75, 3.05) is 19.0 Å². The van der Waals surface area contributed by atoms with Crippen molar-refractivity contribution in [2.45, 2.75) is 6.54 Å². The highest BCUT2D eigenvalue weighted by molar-refractivity contribution is 7.13. The van der Waals surface area contributed by atoms with Gasteiger partial charge in [-0.05, 0) is 29.8 Å². The van der Waals surface area contributed by atoms with Gasteiger partial charge in [0.2, 0.25) is 0 Å². The van der Waals surface area contributed by atoms with Gasteiger partial charge in [0.1, 0.15) is 5.75 Å². The van der Waals surface area contributed by atoms with Crippen LogP contribution in [-0.2, 0) is 16.1 Å². The van der Waals surface area contributed by atoms with Gasteiger partial charge in [0, 0.05) is 17.5 Å². The first-order valence-electron chi connectivity index (χ1n) is 8.94. The molecule has 1 heterocycles. The second kappa shape index (κ2) is 10.2. The van der Waals surface area contributed by atoms with E-state index in [1.165, 1.54) is 36.0 Å². The molecule has 2 amide bonds. The molecule has 9 heteroatoms. The molecule has 0 aliphatic rings. The summed E-state index contributed by atoms with van der Waals surface area (Å²) >= 11 is 1.25. The fraction of sp³-hybridized carbons (Fsp3) is 0.143. The molecule has 0 fully saturated rings. The minimum absolute atomic E-state index is 0.0878. The molecule has 2 aromatic carbocycles. The van der Waals surface area contributed by atoms with Crippen molar-refractivity contribution in [2.24, 2.45) is 0 Å². The Morgan fingerprint density at radius 2 is 1.77 bits per heavy atom. The van der Waals surface area contributed by atoms with Crippen molar-refractivity contribution in [3.8, 4) is 5.75 Å². The second-order valence-corrected chi connectivity index (χ2v) is 6.92. The van der Waals surface area contributed by atoms with E-state index in [9.17, 15) is 14.4 Å². The van der Waals surface area contributed by atoms with Crippen LogP contribution in [-0.4, -0.2) is 36.5 Å². The molecule has 154 valence electrons. The first kappa shape index (κ1) is 21.0. The largest absolute Gasteiger partial charge is 0.497 e. The second-order valence-electron chi connectivity index (χ2n) is 6.06. The van der Waals surface area contributed by atoms with Crippen molar-refractivity contribution in [1.29, 1.82) is 0 Å². The average Bonchev–Trinajstić information content (AvgIpc) is 3.26. The number of hydrogen-bond acceptors (Lipinski definition) is 8. The topological polar surface area (TPSA) is 107 Å². The molecule has 1 aromatic heterocycles. The maximum absolute atomic E-state index is 12.1. The highest BCUT2D eigenvalue weighted by atomic mass is 32.1. The summed E-state index contributed by atoms with van der Waals surface area (Å²) in [5.41, 5.74) is 1.45. The number of carbonyl (C=O) groups excluding carboxylic acids is 3. The number of benzene rings is 2. The van der Waals surface area contributed by atoms with Crippen LogP contribution in [0.4, 0.5) is 5.13 Å². The number of rotatable bonds is 8. The van der Waals surface area contributed by atoms with Gasteiger partial charge in [0.25, 0.3) is 11.8 Å². The summed E-state index contributed by atoms with van der Waals surface area (Å²) in [5, 5.41) is 7.38. The van der Waals surface area contributed by atoms with E-state index in [-0.39, 0.29) is 11.3 Å². The first-order valence-corrected chi connectivity index (χ1v) is 9.82. The Morgan fingerprint density at radius 3 is 2.47 bits per heavy atom. The van der Waals surface area contributed by atoms with Crippen molar-refractivity contribution in [3.05, 3.63) is 76.8 Å². The minimum atomic E-state index is -0.744. The molecule has 0 bridgehead atoms. The van der Waals surface area contributed by atoms with E-state index in [0.29, 0.717) is 17.4 Å². The van der Waals surface area contributed by atoms with E-state index < -0.39 is 24.4 Å². The molecule has 0 saturated heterocycles. The lowest BCUT2D eigenvalue weighted by Gasteiger charge is -2.06. The monoisotopic (exact) mass is 425 g/mol. The maximum Gasteiger partial charge on any atom is 0.358 e. The van der Waals surface area contributed by atoms with E-state index in [1.54, 1.807) is 12.1 Å². The molecule has 3 aromatic rings. The average molecular weight is 425 g/mol. The number of nitrogens with one attached hydrogen (secondary N) is 2. The zero-order valence-electron chi connectivity index (χ0n) is 16.1. The predicted octanol–water partition coefficient (Wildman–Crippen LogP) is 2.88. The number of anilines is 1. The van der Waals surface area contributed by atoms with Crippen LogP contribution in [0.1, 0.15) is 26.4 Å². The van der Waals surface area contributed by atoms with Gasteiger partial charge in [-0.25, -0.2) is 9.78 Å². The van der Waals surface area contributed by atoms with Crippen molar-refractivity contribution >= 4 is 34.3 Å². The lowest BCUT2D eigenvalue weighted by atomic mass is 10.2. The van der Waals surface area contributed by atoms with Gasteiger partial charge in [0.05, 0.1) is 7.11 Å². The Balaban J connectivity index is 1.45. The highest BCUT2D eigenvalue weighted by Gasteiger charge is 2.16. The van der Waals surface area contributed by atoms with Crippen LogP contribution < -0.4 is 15.4 Å². The normalized spacial score (nSPS) is 10.2. The van der Waals surface area contributed by atoms with Crippen molar-refractivity contribution in [1.82, 2.24) is 10.3 Å². The van der Waals surface area contributed by atoms with Gasteiger partial charge in [-0.1, -0.05) is 30.3 Å². The quantitative estimate of drug-likeness (QED) is 0.535. The standard InChI is InChI=1S/C21H19N3O5S/c1-28-16-9-7-15(8-10-16)19(26)24-18(25)12-29-20(27)17-13-30-21(23-17)22-11-14-5-3-2-4-6-14/h2-10,13H,11-12H2,1H3,(H,22,23)(H,24,25,26). The Kier molecular flexibility index (Phi) is 7.12. The summed E-state index contributed by atoms with van der Waals surface area (Å²) < 4.78 is 9.94. The molecule has 0 aliphatic carbocycles. The van der Waals surface area contributed by atoms with E-state index in [2.05, 4.69) is 15.6 Å². The lowest BCUT2D eigenvalue weighted by Crippen LogP contribution is -2.34. The van der Waals surface area contributed by atoms with Gasteiger partial charge in [-0.15, -0.1) is 11.3 Å². The number of carbonyl (C=O) groups is 3. The zero-order chi connectivity index (χ0) is 21.3. The van der Waals surface area contributed by atoms with Crippen LogP contribution >= 0.6 is 11.3 Å². The third-order valence-electron chi connectivity index (χ3n) is 3.94. The number of amides is 2.